The van der Waals surface area contributed by atoms with E-state index in [2.05, 4.69) is 16.0 Å². The summed E-state index contributed by atoms with van der Waals surface area (Å²) in [6.45, 7) is 2.84. The minimum atomic E-state index is 0.506. The summed E-state index contributed by atoms with van der Waals surface area (Å²) >= 11 is 0. The van der Waals surface area contributed by atoms with Crippen LogP contribution < -0.4 is 5.73 Å². The number of aromatic nitrogens is 1. The number of hydrogen-bond acceptors (Lipinski definition) is 5. The molecule has 0 amide bonds. The molecule has 2 N–H and O–H groups in total. The lowest BCUT2D eigenvalue weighted by Gasteiger charge is -2.20. The fraction of sp³-hybridized carbons (Fsp3) is 0.500. The summed E-state index contributed by atoms with van der Waals surface area (Å²) < 4.78 is 5.04. The number of hydrogen-bond donors (Lipinski definition) is 1. The first-order valence-corrected chi connectivity index (χ1v) is 5.56. The molecule has 0 bridgehead atoms. The van der Waals surface area contributed by atoms with E-state index in [0.717, 1.165) is 18.8 Å². The van der Waals surface area contributed by atoms with Gasteiger partial charge in [-0.1, -0.05) is 6.07 Å². The fourth-order valence-electron chi connectivity index (χ4n) is 1.51. The predicted molar refractivity (Wildman–Crippen MR) is 66.0 cm³/mol. The second-order valence-electron chi connectivity index (χ2n) is 3.73. The van der Waals surface area contributed by atoms with Crippen molar-refractivity contribution in [2.24, 2.45) is 0 Å². The van der Waals surface area contributed by atoms with Crippen LogP contribution in [0.3, 0.4) is 0 Å². The van der Waals surface area contributed by atoms with Crippen molar-refractivity contribution in [2.45, 2.75) is 13.0 Å². The molecule has 0 aliphatic carbocycles. The van der Waals surface area contributed by atoms with Gasteiger partial charge in [0.05, 0.1) is 18.4 Å². The molecule has 0 aromatic carbocycles. The van der Waals surface area contributed by atoms with Crippen LogP contribution in [0.15, 0.2) is 18.2 Å². The topological polar surface area (TPSA) is 75.2 Å². The molecule has 0 saturated heterocycles. The van der Waals surface area contributed by atoms with Gasteiger partial charge in [-0.3, -0.25) is 4.90 Å². The lowest BCUT2D eigenvalue weighted by Crippen LogP contribution is -2.28. The number of anilines is 1. The normalized spacial score (nSPS) is 10.4. The number of pyridine rings is 1. The van der Waals surface area contributed by atoms with Gasteiger partial charge < -0.3 is 10.5 Å². The summed E-state index contributed by atoms with van der Waals surface area (Å²) in [5.74, 6) is 0.523. The Kier molecular flexibility index (Phi) is 6.00. The number of rotatable bonds is 7. The lowest BCUT2D eigenvalue weighted by atomic mass is 10.3. The van der Waals surface area contributed by atoms with Crippen molar-refractivity contribution in [1.82, 2.24) is 9.88 Å². The van der Waals surface area contributed by atoms with E-state index in [1.54, 1.807) is 13.2 Å². The minimum absolute atomic E-state index is 0.506. The molecule has 0 radical (unpaired) electrons. The van der Waals surface area contributed by atoms with Crippen LogP contribution in [0, 0.1) is 11.3 Å². The average molecular weight is 234 g/mol. The van der Waals surface area contributed by atoms with E-state index >= 15 is 0 Å². The van der Waals surface area contributed by atoms with Crippen molar-refractivity contribution in [1.29, 1.82) is 5.26 Å². The van der Waals surface area contributed by atoms with Crippen LogP contribution in [-0.4, -0.2) is 36.7 Å². The molecule has 0 unspecified atom stereocenters. The molecule has 0 saturated carbocycles. The first-order valence-electron chi connectivity index (χ1n) is 5.56. The molecule has 17 heavy (non-hydrogen) atoms. The third-order valence-electron chi connectivity index (χ3n) is 2.37. The second kappa shape index (κ2) is 7.60. The number of methoxy groups -OCH3 is 1. The van der Waals surface area contributed by atoms with E-state index in [4.69, 9.17) is 15.7 Å². The lowest BCUT2D eigenvalue weighted by molar-refractivity contribution is 0.144. The highest BCUT2D eigenvalue weighted by atomic mass is 16.5. The molecule has 0 spiro atoms. The molecular formula is C12H18N4O. The largest absolute Gasteiger partial charge is 0.384 e. The number of ether oxygens (including phenoxy) is 1. The van der Waals surface area contributed by atoms with E-state index in [-0.39, 0.29) is 0 Å². The van der Waals surface area contributed by atoms with Crippen molar-refractivity contribution in [3.63, 3.8) is 0 Å². The van der Waals surface area contributed by atoms with Crippen LogP contribution in [0.4, 0.5) is 5.82 Å². The van der Waals surface area contributed by atoms with Crippen molar-refractivity contribution < 1.29 is 4.74 Å². The SMILES string of the molecule is COCCN(CCC#N)Cc1cccc(N)n1. The number of nitrogens with two attached hydrogens (primary N) is 1. The minimum Gasteiger partial charge on any atom is -0.384 e. The van der Waals surface area contributed by atoms with Gasteiger partial charge in [-0.25, -0.2) is 4.98 Å². The van der Waals surface area contributed by atoms with E-state index in [1.165, 1.54) is 0 Å². The molecule has 1 aromatic rings. The zero-order valence-electron chi connectivity index (χ0n) is 10.1. The average Bonchev–Trinajstić information content (AvgIpc) is 2.32. The van der Waals surface area contributed by atoms with Crippen molar-refractivity contribution in [2.75, 3.05) is 32.5 Å². The Morgan fingerprint density at radius 2 is 2.29 bits per heavy atom. The van der Waals surface area contributed by atoms with Gasteiger partial charge in [0.25, 0.3) is 0 Å². The maximum Gasteiger partial charge on any atom is 0.123 e. The highest BCUT2D eigenvalue weighted by molar-refractivity contribution is 5.28. The third-order valence-corrected chi connectivity index (χ3v) is 2.37. The standard InChI is InChI=1S/C12H18N4O/c1-17-9-8-16(7-3-6-13)10-11-4-2-5-12(14)15-11/h2,4-5H,3,7-10H2,1H3,(H2,14,15). The molecule has 0 aliphatic rings. The Balaban J connectivity index is 2.55. The Bertz CT molecular complexity index is 375. The number of nitrogens with zero attached hydrogens (tertiary/aromatic N) is 3. The molecule has 0 atom stereocenters. The summed E-state index contributed by atoms with van der Waals surface area (Å²) in [6.07, 6.45) is 0.506. The molecule has 1 heterocycles. The zero-order chi connectivity index (χ0) is 12.5. The van der Waals surface area contributed by atoms with Crippen LogP contribution in [0.25, 0.3) is 0 Å². The van der Waals surface area contributed by atoms with Gasteiger partial charge in [-0.15, -0.1) is 0 Å². The Morgan fingerprint density at radius 3 is 2.94 bits per heavy atom. The molecule has 92 valence electrons. The Hall–Kier alpha value is -1.64. The quantitative estimate of drug-likeness (QED) is 0.762. The van der Waals surface area contributed by atoms with Crippen LogP contribution in [0.2, 0.25) is 0 Å². The number of nitrogen functional groups attached to an aromatic ring is 1. The molecular weight excluding hydrogens is 216 g/mol. The monoisotopic (exact) mass is 234 g/mol. The maximum absolute atomic E-state index is 8.61. The second-order valence-corrected chi connectivity index (χ2v) is 3.73. The highest BCUT2D eigenvalue weighted by Crippen LogP contribution is 2.05. The molecule has 5 heteroatoms. The van der Waals surface area contributed by atoms with Crippen LogP contribution in [0.1, 0.15) is 12.1 Å². The van der Waals surface area contributed by atoms with E-state index in [0.29, 0.717) is 25.4 Å². The fourth-order valence-corrected chi connectivity index (χ4v) is 1.51. The van der Waals surface area contributed by atoms with Gasteiger partial charge in [-0.05, 0) is 12.1 Å². The third kappa shape index (κ3) is 5.29. The summed E-state index contributed by atoms with van der Waals surface area (Å²) in [4.78, 5) is 6.37. The highest BCUT2D eigenvalue weighted by Gasteiger charge is 2.06. The van der Waals surface area contributed by atoms with Crippen LogP contribution in [0.5, 0.6) is 0 Å². The van der Waals surface area contributed by atoms with E-state index in [9.17, 15) is 0 Å². The predicted octanol–water partition coefficient (Wildman–Crippen LogP) is 1.03. The smallest absolute Gasteiger partial charge is 0.123 e. The van der Waals surface area contributed by atoms with Crippen molar-refractivity contribution in [3.05, 3.63) is 23.9 Å². The van der Waals surface area contributed by atoms with E-state index < -0.39 is 0 Å². The van der Waals surface area contributed by atoms with E-state index in [1.807, 2.05) is 12.1 Å². The molecule has 5 nitrogen and oxygen atoms in total. The summed E-state index contributed by atoms with van der Waals surface area (Å²) in [6, 6.07) is 7.72. The molecule has 1 aromatic heterocycles. The maximum atomic E-state index is 8.61. The number of nitriles is 1. The summed E-state index contributed by atoms with van der Waals surface area (Å²) in [7, 11) is 1.67. The van der Waals surface area contributed by atoms with Crippen molar-refractivity contribution in [3.8, 4) is 6.07 Å². The first-order chi connectivity index (χ1) is 8.26. The van der Waals surface area contributed by atoms with Crippen molar-refractivity contribution >= 4 is 5.82 Å². The van der Waals surface area contributed by atoms with Gasteiger partial charge in [0.1, 0.15) is 5.82 Å². The van der Waals surface area contributed by atoms with Crippen LogP contribution in [-0.2, 0) is 11.3 Å². The van der Waals surface area contributed by atoms with Gasteiger partial charge in [0.15, 0.2) is 0 Å². The molecule has 0 aliphatic heterocycles. The summed E-state index contributed by atoms with van der Waals surface area (Å²) in [5.41, 5.74) is 6.54. The van der Waals surface area contributed by atoms with Crippen LogP contribution >= 0.6 is 0 Å². The summed E-state index contributed by atoms with van der Waals surface area (Å²) in [5, 5.41) is 8.61. The Labute approximate surface area is 102 Å². The van der Waals surface area contributed by atoms with Gasteiger partial charge in [0, 0.05) is 33.2 Å². The molecule has 0 fully saturated rings. The first kappa shape index (κ1) is 13.4. The zero-order valence-corrected chi connectivity index (χ0v) is 10.1. The Morgan fingerprint density at radius 1 is 1.47 bits per heavy atom. The van der Waals surface area contributed by atoms with Gasteiger partial charge >= 0.3 is 0 Å². The van der Waals surface area contributed by atoms with Gasteiger partial charge in [-0.2, -0.15) is 5.26 Å². The molecule has 1 rings (SSSR count). The van der Waals surface area contributed by atoms with Gasteiger partial charge in [0.2, 0.25) is 0 Å².